The Morgan fingerprint density at radius 1 is 1.26 bits per heavy atom. The van der Waals surface area contributed by atoms with E-state index >= 15 is 0 Å². The topological polar surface area (TPSA) is 119 Å². The Balaban J connectivity index is 2.52. The van der Waals surface area contributed by atoms with Crippen LogP contribution >= 0.6 is 11.6 Å². The maximum absolute atomic E-state index is 12.5. The largest absolute Gasteiger partial charge is 0.508 e. The third-order valence-electron chi connectivity index (χ3n) is 2.84. The first kappa shape index (κ1) is 16.8. The fourth-order valence-electron chi connectivity index (χ4n) is 1.82. The average Bonchev–Trinajstić information content (AvgIpc) is 2.48. The van der Waals surface area contributed by atoms with Gasteiger partial charge >= 0.3 is 0 Å². The number of hydrogen-bond acceptors (Lipinski definition) is 6. The summed E-state index contributed by atoms with van der Waals surface area (Å²) in [6.45, 7) is 0. The third kappa shape index (κ3) is 3.63. The van der Waals surface area contributed by atoms with Gasteiger partial charge in [0.1, 0.15) is 22.1 Å². The first-order valence-electron chi connectivity index (χ1n) is 6.08. The van der Waals surface area contributed by atoms with Crippen LogP contribution in [0.25, 0.3) is 0 Å². The molecule has 0 unspecified atom stereocenters. The Bertz CT molecular complexity index is 869. The van der Waals surface area contributed by atoms with Gasteiger partial charge in [0.15, 0.2) is 0 Å². The van der Waals surface area contributed by atoms with E-state index in [1.807, 2.05) is 0 Å². The van der Waals surface area contributed by atoms with E-state index in [0.29, 0.717) is 0 Å². The van der Waals surface area contributed by atoms with Gasteiger partial charge in [-0.2, -0.15) is 0 Å². The van der Waals surface area contributed by atoms with Gasteiger partial charge in [0, 0.05) is 5.02 Å². The number of ether oxygens (including phenoxy) is 1. The minimum absolute atomic E-state index is 0.0309. The van der Waals surface area contributed by atoms with Gasteiger partial charge < -0.3 is 9.84 Å². The molecule has 2 N–H and O–H groups in total. The van der Waals surface area contributed by atoms with E-state index in [0.717, 1.165) is 24.3 Å². The van der Waals surface area contributed by atoms with Crippen LogP contribution in [0.15, 0.2) is 41.3 Å². The summed E-state index contributed by atoms with van der Waals surface area (Å²) >= 11 is 5.80. The van der Waals surface area contributed by atoms with E-state index in [1.54, 1.807) is 0 Å². The molecule has 23 heavy (non-hydrogen) atoms. The van der Waals surface area contributed by atoms with E-state index in [2.05, 4.69) is 4.72 Å². The van der Waals surface area contributed by atoms with Crippen LogP contribution < -0.4 is 9.46 Å². The van der Waals surface area contributed by atoms with Crippen LogP contribution in [0.1, 0.15) is 0 Å². The van der Waals surface area contributed by atoms with Gasteiger partial charge in [-0.05, 0) is 30.3 Å². The second-order valence-corrected chi connectivity index (χ2v) is 6.45. The van der Waals surface area contributed by atoms with Gasteiger partial charge in [-0.1, -0.05) is 11.6 Å². The zero-order chi connectivity index (χ0) is 17.2. The van der Waals surface area contributed by atoms with Crippen molar-refractivity contribution in [3.8, 4) is 11.5 Å². The number of nitrogens with one attached hydrogen (secondary N) is 1. The number of aromatic hydroxyl groups is 1. The molecule has 0 spiro atoms. The Labute approximate surface area is 136 Å². The number of phenolic OH excluding ortho intramolecular Hbond substituents is 1. The molecule has 0 saturated heterocycles. The summed E-state index contributed by atoms with van der Waals surface area (Å²) in [7, 11) is -2.91. The molecule has 122 valence electrons. The average molecular weight is 359 g/mol. The molecule has 0 aromatic heterocycles. The first-order chi connectivity index (χ1) is 10.7. The Kier molecular flexibility index (Phi) is 4.62. The molecular weight excluding hydrogens is 348 g/mol. The molecule has 0 aliphatic rings. The van der Waals surface area contributed by atoms with Crippen molar-refractivity contribution < 1.29 is 23.2 Å². The van der Waals surface area contributed by atoms with Crippen LogP contribution in [0.3, 0.4) is 0 Å². The SMILES string of the molecule is COc1ccc(Cl)cc1S(=O)(=O)Nc1ccc(O)cc1[N+](=O)[O-]. The number of nitrogens with zero attached hydrogens (tertiary/aromatic N) is 1. The number of phenols is 1. The Morgan fingerprint density at radius 3 is 2.57 bits per heavy atom. The number of nitro benzene ring substituents is 1. The fraction of sp³-hybridized carbons (Fsp3) is 0.0769. The summed E-state index contributed by atoms with van der Waals surface area (Å²) in [5.41, 5.74) is -0.885. The normalized spacial score (nSPS) is 11.0. The molecule has 8 nitrogen and oxygen atoms in total. The summed E-state index contributed by atoms with van der Waals surface area (Å²) in [6.07, 6.45) is 0. The summed E-state index contributed by atoms with van der Waals surface area (Å²) in [5, 5.41) is 20.4. The highest BCUT2D eigenvalue weighted by atomic mass is 35.5. The number of hydrogen-bond donors (Lipinski definition) is 2. The standard InChI is InChI=1S/C13H11ClN2O6S/c1-22-12-5-2-8(14)6-13(12)23(20,21)15-10-4-3-9(17)7-11(10)16(18)19/h2-7,15,17H,1H3. The highest BCUT2D eigenvalue weighted by molar-refractivity contribution is 7.92. The number of nitro groups is 1. The number of rotatable bonds is 5. The highest BCUT2D eigenvalue weighted by Crippen LogP contribution is 2.33. The molecular formula is C13H11ClN2O6S. The van der Waals surface area contributed by atoms with Crippen LogP contribution in [0.5, 0.6) is 11.5 Å². The van der Waals surface area contributed by atoms with Crippen LogP contribution in [0.4, 0.5) is 11.4 Å². The zero-order valence-electron chi connectivity index (χ0n) is 11.7. The molecule has 0 bridgehead atoms. The van der Waals surface area contributed by atoms with E-state index in [-0.39, 0.29) is 27.1 Å². The Hall–Kier alpha value is -2.52. The Morgan fingerprint density at radius 2 is 1.96 bits per heavy atom. The number of halogens is 1. The molecule has 2 aromatic rings. The van der Waals surface area contributed by atoms with Crippen molar-refractivity contribution in [2.45, 2.75) is 4.90 Å². The summed E-state index contributed by atoms with van der Waals surface area (Å²) in [4.78, 5) is 9.91. The van der Waals surface area contributed by atoms with Crippen molar-refractivity contribution in [2.75, 3.05) is 11.8 Å². The molecule has 10 heteroatoms. The number of benzene rings is 2. The van der Waals surface area contributed by atoms with Gasteiger partial charge in [-0.25, -0.2) is 8.42 Å². The van der Waals surface area contributed by atoms with E-state index in [9.17, 15) is 23.6 Å². The lowest BCUT2D eigenvalue weighted by Gasteiger charge is -2.12. The molecule has 0 fully saturated rings. The minimum atomic E-state index is -4.19. The smallest absolute Gasteiger partial charge is 0.297 e. The van der Waals surface area contributed by atoms with Crippen LogP contribution in [0, 0.1) is 10.1 Å². The molecule has 0 heterocycles. The monoisotopic (exact) mass is 358 g/mol. The number of methoxy groups -OCH3 is 1. The molecule has 2 aromatic carbocycles. The maximum atomic E-state index is 12.5. The second-order valence-electron chi connectivity index (χ2n) is 4.36. The molecule has 0 aliphatic carbocycles. The van der Waals surface area contributed by atoms with Crippen molar-refractivity contribution in [2.24, 2.45) is 0 Å². The van der Waals surface area contributed by atoms with E-state index in [4.69, 9.17) is 16.3 Å². The number of sulfonamides is 1. The van der Waals surface area contributed by atoms with Crippen molar-refractivity contribution >= 4 is 33.0 Å². The van der Waals surface area contributed by atoms with Crippen molar-refractivity contribution in [3.05, 3.63) is 51.5 Å². The van der Waals surface area contributed by atoms with Crippen molar-refractivity contribution in [1.82, 2.24) is 0 Å². The van der Waals surface area contributed by atoms with Gasteiger partial charge in [-0.15, -0.1) is 0 Å². The maximum Gasteiger partial charge on any atom is 0.297 e. The lowest BCUT2D eigenvalue weighted by atomic mass is 10.2. The molecule has 0 radical (unpaired) electrons. The highest BCUT2D eigenvalue weighted by Gasteiger charge is 2.24. The van der Waals surface area contributed by atoms with Crippen molar-refractivity contribution in [1.29, 1.82) is 0 Å². The lowest BCUT2D eigenvalue weighted by Crippen LogP contribution is -2.15. The molecule has 0 amide bonds. The van der Waals surface area contributed by atoms with Gasteiger partial charge in [0.2, 0.25) is 0 Å². The zero-order valence-corrected chi connectivity index (χ0v) is 13.3. The van der Waals surface area contributed by atoms with Gasteiger partial charge in [0.05, 0.1) is 18.1 Å². The first-order valence-corrected chi connectivity index (χ1v) is 7.94. The van der Waals surface area contributed by atoms with Gasteiger partial charge in [0.25, 0.3) is 15.7 Å². The van der Waals surface area contributed by atoms with E-state index < -0.39 is 20.6 Å². The molecule has 0 aliphatic heterocycles. The minimum Gasteiger partial charge on any atom is -0.508 e. The van der Waals surface area contributed by atoms with Crippen LogP contribution in [-0.2, 0) is 10.0 Å². The predicted molar refractivity (Wildman–Crippen MR) is 83.6 cm³/mol. The predicted octanol–water partition coefficient (Wildman–Crippen LogP) is 2.76. The fourth-order valence-corrected chi connectivity index (χ4v) is 3.32. The summed E-state index contributed by atoms with van der Waals surface area (Å²) in [6, 6.07) is 7.02. The lowest BCUT2D eigenvalue weighted by molar-refractivity contribution is -0.384. The van der Waals surface area contributed by atoms with Crippen LogP contribution in [0.2, 0.25) is 5.02 Å². The molecule has 0 saturated carbocycles. The molecule has 0 atom stereocenters. The summed E-state index contributed by atoms with van der Waals surface area (Å²) < 4.78 is 32.0. The third-order valence-corrected chi connectivity index (χ3v) is 4.46. The summed E-state index contributed by atoms with van der Waals surface area (Å²) in [5.74, 6) is -0.330. The quantitative estimate of drug-likeness (QED) is 0.482. The van der Waals surface area contributed by atoms with Crippen LogP contribution in [-0.4, -0.2) is 25.6 Å². The molecule has 2 rings (SSSR count). The number of anilines is 1. The van der Waals surface area contributed by atoms with Gasteiger partial charge in [-0.3, -0.25) is 14.8 Å². The van der Waals surface area contributed by atoms with E-state index in [1.165, 1.54) is 19.2 Å². The second kappa shape index (κ2) is 6.31. The van der Waals surface area contributed by atoms with Crippen molar-refractivity contribution in [3.63, 3.8) is 0 Å².